The molecule has 0 aliphatic carbocycles. The molecule has 2 atom stereocenters. The molecule has 2 N–H and O–H groups in total. The van der Waals surface area contributed by atoms with Crippen molar-refractivity contribution < 1.29 is 9.53 Å². The summed E-state index contributed by atoms with van der Waals surface area (Å²) in [5, 5.41) is 5.93. The van der Waals surface area contributed by atoms with Gasteiger partial charge < -0.3 is 15.4 Å². The van der Waals surface area contributed by atoms with Crippen molar-refractivity contribution in [2.24, 2.45) is 5.92 Å². The van der Waals surface area contributed by atoms with Crippen LogP contribution in [0.3, 0.4) is 0 Å². The zero-order chi connectivity index (χ0) is 11.1. The number of ether oxygens (including phenoxy) is 1. The lowest BCUT2D eigenvalue weighted by atomic mass is 9.97. The van der Waals surface area contributed by atoms with E-state index in [1.807, 2.05) is 0 Å². The van der Waals surface area contributed by atoms with Crippen molar-refractivity contribution in [2.75, 3.05) is 26.7 Å². The Balaban J connectivity index is 2.06. The van der Waals surface area contributed by atoms with Gasteiger partial charge in [0.15, 0.2) is 0 Å². The van der Waals surface area contributed by atoms with Crippen molar-refractivity contribution in [1.29, 1.82) is 0 Å². The average molecular weight is 214 g/mol. The fraction of sp³-hybridized carbons (Fsp3) is 0.909. The van der Waals surface area contributed by atoms with Crippen LogP contribution in [-0.4, -0.2) is 38.8 Å². The van der Waals surface area contributed by atoms with Gasteiger partial charge in [-0.1, -0.05) is 6.92 Å². The Morgan fingerprint density at radius 3 is 3.07 bits per heavy atom. The minimum absolute atomic E-state index is 0.0911. The minimum atomic E-state index is 0.0911. The number of rotatable bonds is 5. The van der Waals surface area contributed by atoms with Crippen LogP contribution in [0.25, 0.3) is 0 Å². The van der Waals surface area contributed by atoms with Crippen LogP contribution in [0.1, 0.15) is 26.2 Å². The summed E-state index contributed by atoms with van der Waals surface area (Å²) in [5.74, 6) is 0.722. The van der Waals surface area contributed by atoms with Crippen molar-refractivity contribution in [3.05, 3.63) is 0 Å². The standard InChI is InChI=1S/C11H22N2O2/c1-9-5-6-13-8-10(9)15-7-3-4-11(14)12-2/h9-10,13H,3-8H2,1-2H3,(H,12,14). The Kier molecular flexibility index (Phi) is 5.65. The van der Waals surface area contributed by atoms with Crippen LogP contribution in [0, 0.1) is 5.92 Å². The van der Waals surface area contributed by atoms with Crippen molar-refractivity contribution >= 4 is 5.91 Å². The second kappa shape index (κ2) is 6.80. The molecule has 0 radical (unpaired) electrons. The molecule has 88 valence electrons. The smallest absolute Gasteiger partial charge is 0.219 e. The van der Waals surface area contributed by atoms with Gasteiger partial charge in [-0.3, -0.25) is 4.79 Å². The summed E-state index contributed by atoms with van der Waals surface area (Å²) < 4.78 is 5.75. The van der Waals surface area contributed by atoms with E-state index in [0.29, 0.717) is 25.0 Å². The first kappa shape index (κ1) is 12.5. The van der Waals surface area contributed by atoms with Crippen LogP contribution >= 0.6 is 0 Å². The molecule has 4 heteroatoms. The third-order valence-corrected chi connectivity index (χ3v) is 2.92. The highest BCUT2D eigenvalue weighted by Gasteiger charge is 2.21. The Labute approximate surface area is 91.8 Å². The number of hydrogen-bond acceptors (Lipinski definition) is 3. The lowest BCUT2D eigenvalue weighted by Crippen LogP contribution is -2.41. The Morgan fingerprint density at radius 1 is 1.60 bits per heavy atom. The van der Waals surface area contributed by atoms with Gasteiger partial charge in [0.25, 0.3) is 0 Å². The predicted molar refractivity (Wildman–Crippen MR) is 59.7 cm³/mol. The molecule has 2 unspecified atom stereocenters. The molecule has 0 spiro atoms. The van der Waals surface area contributed by atoms with E-state index >= 15 is 0 Å². The second-order valence-electron chi connectivity index (χ2n) is 4.16. The Hall–Kier alpha value is -0.610. The van der Waals surface area contributed by atoms with Crippen LogP contribution in [0.15, 0.2) is 0 Å². The molecule has 1 aliphatic rings. The first-order valence-electron chi connectivity index (χ1n) is 5.77. The zero-order valence-electron chi connectivity index (χ0n) is 9.71. The normalized spacial score (nSPS) is 26.3. The molecule has 1 aliphatic heterocycles. The highest BCUT2D eigenvalue weighted by molar-refractivity contribution is 5.75. The number of amides is 1. The molecule has 1 heterocycles. The highest BCUT2D eigenvalue weighted by Crippen LogP contribution is 2.14. The van der Waals surface area contributed by atoms with Crippen molar-refractivity contribution in [3.8, 4) is 0 Å². The molecule has 1 fully saturated rings. The minimum Gasteiger partial charge on any atom is -0.377 e. The summed E-state index contributed by atoms with van der Waals surface area (Å²) in [5.41, 5.74) is 0. The fourth-order valence-electron chi connectivity index (χ4n) is 1.78. The van der Waals surface area contributed by atoms with Gasteiger partial charge in [-0.05, 0) is 25.3 Å². The van der Waals surface area contributed by atoms with Gasteiger partial charge in [-0.2, -0.15) is 0 Å². The molecule has 1 amide bonds. The van der Waals surface area contributed by atoms with E-state index in [0.717, 1.165) is 19.5 Å². The van der Waals surface area contributed by atoms with E-state index in [-0.39, 0.29) is 5.91 Å². The van der Waals surface area contributed by atoms with Crippen LogP contribution in [0.2, 0.25) is 0 Å². The maximum absolute atomic E-state index is 10.9. The van der Waals surface area contributed by atoms with Gasteiger partial charge in [0.2, 0.25) is 5.91 Å². The summed E-state index contributed by atoms with van der Waals surface area (Å²) >= 11 is 0. The molecule has 0 aromatic carbocycles. The van der Waals surface area contributed by atoms with Gasteiger partial charge in [0, 0.05) is 26.6 Å². The van der Waals surface area contributed by atoms with E-state index in [2.05, 4.69) is 17.6 Å². The third-order valence-electron chi connectivity index (χ3n) is 2.92. The van der Waals surface area contributed by atoms with E-state index in [1.165, 1.54) is 6.42 Å². The van der Waals surface area contributed by atoms with E-state index in [1.54, 1.807) is 7.05 Å². The average Bonchev–Trinajstić information content (AvgIpc) is 2.26. The van der Waals surface area contributed by atoms with Crippen molar-refractivity contribution in [3.63, 3.8) is 0 Å². The van der Waals surface area contributed by atoms with Crippen LogP contribution < -0.4 is 10.6 Å². The van der Waals surface area contributed by atoms with Crippen LogP contribution in [0.4, 0.5) is 0 Å². The molecular weight excluding hydrogens is 192 g/mol. The number of nitrogens with one attached hydrogen (secondary N) is 2. The molecule has 15 heavy (non-hydrogen) atoms. The number of piperidine rings is 1. The largest absolute Gasteiger partial charge is 0.377 e. The zero-order valence-corrected chi connectivity index (χ0v) is 9.71. The van der Waals surface area contributed by atoms with E-state index < -0.39 is 0 Å². The summed E-state index contributed by atoms with van der Waals surface area (Å²) in [6.45, 7) is 4.95. The number of hydrogen-bond donors (Lipinski definition) is 2. The SMILES string of the molecule is CNC(=O)CCCOC1CNCCC1C. The lowest BCUT2D eigenvalue weighted by molar-refractivity contribution is -0.121. The van der Waals surface area contributed by atoms with Gasteiger partial charge in [-0.25, -0.2) is 0 Å². The van der Waals surface area contributed by atoms with Gasteiger partial charge >= 0.3 is 0 Å². The molecule has 0 aromatic heterocycles. The maximum atomic E-state index is 10.9. The third kappa shape index (κ3) is 4.62. The van der Waals surface area contributed by atoms with Gasteiger partial charge in [0.1, 0.15) is 0 Å². The van der Waals surface area contributed by atoms with Gasteiger partial charge in [-0.15, -0.1) is 0 Å². The van der Waals surface area contributed by atoms with E-state index in [4.69, 9.17) is 4.74 Å². The highest BCUT2D eigenvalue weighted by atomic mass is 16.5. The predicted octanol–water partition coefficient (Wildman–Crippen LogP) is 0.527. The Morgan fingerprint density at radius 2 is 2.40 bits per heavy atom. The van der Waals surface area contributed by atoms with Crippen LogP contribution in [0.5, 0.6) is 0 Å². The molecule has 4 nitrogen and oxygen atoms in total. The molecule has 0 saturated carbocycles. The van der Waals surface area contributed by atoms with Crippen LogP contribution in [-0.2, 0) is 9.53 Å². The number of carbonyl (C=O) groups excluding carboxylic acids is 1. The summed E-state index contributed by atoms with van der Waals surface area (Å²) in [6, 6.07) is 0. The Bertz CT molecular complexity index is 197. The summed E-state index contributed by atoms with van der Waals surface area (Å²) in [4.78, 5) is 10.9. The van der Waals surface area contributed by atoms with E-state index in [9.17, 15) is 4.79 Å². The topological polar surface area (TPSA) is 50.4 Å². The lowest BCUT2D eigenvalue weighted by Gasteiger charge is -2.29. The molecular formula is C11H22N2O2. The molecule has 0 aromatic rings. The van der Waals surface area contributed by atoms with Gasteiger partial charge in [0.05, 0.1) is 6.10 Å². The summed E-state index contributed by atoms with van der Waals surface area (Å²) in [6.07, 6.45) is 2.87. The van der Waals surface area contributed by atoms with Crippen molar-refractivity contribution in [2.45, 2.75) is 32.3 Å². The monoisotopic (exact) mass is 214 g/mol. The first-order valence-corrected chi connectivity index (χ1v) is 5.77. The van der Waals surface area contributed by atoms with Crippen molar-refractivity contribution in [1.82, 2.24) is 10.6 Å². The molecule has 1 rings (SSSR count). The molecule has 1 saturated heterocycles. The second-order valence-corrected chi connectivity index (χ2v) is 4.16. The fourth-order valence-corrected chi connectivity index (χ4v) is 1.78. The number of carbonyl (C=O) groups is 1. The first-order chi connectivity index (χ1) is 7.24. The maximum Gasteiger partial charge on any atom is 0.219 e. The molecule has 0 bridgehead atoms. The summed E-state index contributed by atoms with van der Waals surface area (Å²) in [7, 11) is 1.66. The quantitative estimate of drug-likeness (QED) is 0.656.